The normalized spacial score (nSPS) is 8.82. The van der Waals surface area contributed by atoms with Crippen LogP contribution >= 0.6 is 0 Å². The van der Waals surface area contributed by atoms with E-state index in [1.54, 1.807) is 11.9 Å². The van der Waals surface area contributed by atoms with E-state index in [1.165, 1.54) is 0 Å². The molecular weight excluding hydrogens is 140 g/mol. The standard InChI is InChI=1S/C8H14N2O/c1-3-4-5-8(11)10(2)7-6-9/h1H,4-7,9H2,2H3. The Morgan fingerprint density at radius 3 is 2.82 bits per heavy atom. The van der Waals surface area contributed by atoms with Crippen molar-refractivity contribution in [2.45, 2.75) is 12.8 Å². The van der Waals surface area contributed by atoms with E-state index >= 15 is 0 Å². The van der Waals surface area contributed by atoms with Gasteiger partial charge < -0.3 is 10.6 Å². The van der Waals surface area contributed by atoms with Gasteiger partial charge in [0.1, 0.15) is 0 Å². The van der Waals surface area contributed by atoms with E-state index in [4.69, 9.17) is 12.2 Å². The minimum atomic E-state index is 0.0633. The average molecular weight is 154 g/mol. The van der Waals surface area contributed by atoms with Gasteiger partial charge in [-0.1, -0.05) is 0 Å². The number of nitrogens with two attached hydrogens (primary N) is 1. The third-order valence-electron chi connectivity index (χ3n) is 1.37. The Kier molecular flexibility index (Phi) is 5.22. The molecule has 0 bridgehead atoms. The van der Waals surface area contributed by atoms with Gasteiger partial charge in [0.15, 0.2) is 0 Å². The highest BCUT2D eigenvalue weighted by Crippen LogP contribution is 1.92. The SMILES string of the molecule is C#CCCC(=O)N(C)CCN. The highest BCUT2D eigenvalue weighted by Gasteiger charge is 2.04. The van der Waals surface area contributed by atoms with Crippen LogP contribution in [0.15, 0.2) is 0 Å². The molecule has 11 heavy (non-hydrogen) atoms. The van der Waals surface area contributed by atoms with Crippen LogP contribution in [0, 0.1) is 12.3 Å². The fourth-order valence-electron chi connectivity index (χ4n) is 0.688. The molecule has 0 aliphatic heterocycles. The third kappa shape index (κ3) is 4.40. The summed E-state index contributed by atoms with van der Waals surface area (Å²) >= 11 is 0. The predicted molar refractivity (Wildman–Crippen MR) is 44.8 cm³/mol. The minimum Gasteiger partial charge on any atom is -0.344 e. The van der Waals surface area contributed by atoms with Crippen molar-refractivity contribution in [2.75, 3.05) is 20.1 Å². The Labute approximate surface area is 67.6 Å². The number of carbonyl (C=O) groups excluding carboxylic acids is 1. The molecule has 0 spiro atoms. The lowest BCUT2D eigenvalue weighted by Crippen LogP contribution is -2.31. The number of nitrogens with zero attached hydrogens (tertiary/aromatic N) is 1. The second-order valence-corrected chi connectivity index (χ2v) is 2.31. The van der Waals surface area contributed by atoms with Crippen molar-refractivity contribution in [1.82, 2.24) is 4.90 Å². The van der Waals surface area contributed by atoms with E-state index in [-0.39, 0.29) is 5.91 Å². The Morgan fingerprint density at radius 1 is 1.73 bits per heavy atom. The van der Waals surface area contributed by atoms with Crippen molar-refractivity contribution in [1.29, 1.82) is 0 Å². The topological polar surface area (TPSA) is 46.3 Å². The largest absolute Gasteiger partial charge is 0.344 e. The molecule has 0 fully saturated rings. The Bertz CT molecular complexity index is 160. The van der Waals surface area contributed by atoms with Gasteiger partial charge in [-0.3, -0.25) is 4.79 Å². The van der Waals surface area contributed by atoms with Gasteiger partial charge in [0.25, 0.3) is 0 Å². The summed E-state index contributed by atoms with van der Waals surface area (Å²) in [5.41, 5.74) is 5.26. The molecule has 0 aromatic heterocycles. The molecule has 0 heterocycles. The molecule has 0 saturated heterocycles. The summed E-state index contributed by atoms with van der Waals surface area (Å²) in [5, 5.41) is 0. The van der Waals surface area contributed by atoms with Gasteiger partial charge in [-0.2, -0.15) is 0 Å². The van der Waals surface area contributed by atoms with Crippen molar-refractivity contribution in [2.24, 2.45) is 5.73 Å². The van der Waals surface area contributed by atoms with E-state index in [0.29, 0.717) is 25.9 Å². The molecular formula is C8H14N2O. The highest BCUT2D eigenvalue weighted by molar-refractivity contribution is 5.76. The van der Waals surface area contributed by atoms with Crippen molar-refractivity contribution >= 4 is 5.91 Å². The first kappa shape index (κ1) is 9.99. The zero-order valence-electron chi connectivity index (χ0n) is 6.84. The maximum absolute atomic E-state index is 11.1. The predicted octanol–water partition coefficient (Wildman–Crippen LogP) is -0.183. The van der Waals surface area contributed by atoms with Gasteiger partial charge in [-0.15, -0.1) is 12.3 Å². The van der Waals surface area contributed by atoms with Gasteiger partial charge >= 0.3 is 0 Å². The quantitative estimate of drug-likeness (QED) is 0.571. The number of rotatable bonds is 4. The van der Waals surface area contributed by atoms with Crippen LogP contribution in [0.1, 0.15) is 12.8 Å². The summed E-state index contributed by atoms with van der Waals surface area (Å²) in [7, 11) is 1.73. The molecule has 0 rings (SSSR count). The van der Waals surface area contributed by atoms with E-state index in [2.05, 4.69) is 5.92 Å². The van der Waals surface area contributed by atoms with Crippen LogP contribution in [-0.2, 0) is 4.79 Å². The summed E-state index contributed by atoms with van der Waals surface area (Å²) in [5.74, 6) is 2.48. The van der Waals surface area contributed by atoms with E-state index < -0.39 is 0 Å². The maximum atomic E-state index is 11.1. The molecule has 0 unspecified atom stereocenters. The lowest BCUT2D eigenvalue weighted by molar-refractivity contribution is -0.129. The Balaban J connectivity index is 3.57. The minimum absolute atomic E-state index is 0.0633. The average Bonchev–Trinajstić information content (AvgIpc) is 2.00. The summed E-state index contributed by atoms with van der Waals surface area (Å²) in [6.45, 7) is 1.10. The number of terminal acetylenes is 1. The number of hydrogen-bond donors (Lipinski definition) is 1. The van der Waals surface area contributed by atoms with Crippen LogP contribution in [0.2, 0.25) is 0 Å². The van der Waals surface area contributed by atoms with E-state index in [0.717, 1.165) is 0 Å². The number of amides is 1. The zero-order chi connectivity index (χ0) is 8.69. The first-order valence-corrected chi connectivity index (χ1v) is 3.60. The van der Waals surface area contributed by atoms with Gasteiger partial charge in [0.2, 0.25) is 5.91 Å². The molecule has 0 radical (unpaired) electrons. The molecule has 2 N–H and O–H groups in total. The number of likely N-dealkylation sites (N-methyl/N-ethyl adjacent to an activating group) is 1. The van der Waals surface area contributed by atoms with Gasteiger partial charge in [-0.05, 0) is 0 Å². The molecule has 0 atom stereocenters. The first-order valence-electron chi connectivity index (χ1n) is 3.60. The molecule has 0 aliphatic rings. The monoisotopic (exact) mass is 154 g/mol. The number of carbonyl (C=O) groups is 1. The smallest absolute Gasteiger partial charge is 0.223 e. The fraction of sp³-hybridized carbons (Fsp3) is 0.625. The fourth-order valence-corrected chi connectivity index (χ4v) is 0.688. The molecule has 3 nitrogen and oxygen atoms in total. The van der Waals surface area contributed by atoms with Crippen molar-refractivity contribution < 1.29 is 4.79 Å². The molecule has 62 valence electrons. The number of hydrogen-bond acceptors (Lipinski definition) is 2. The van der Waals surface area contributed by atoms with Crippen molar-refractivity contribution in [3.63, 3.8) is 0 Å². The lowest BCUT2D eigenvalue weighted by atomic mass is 10.3. The van der Waals surface area contributed by atoms with E-state index in [9.17, 15) is 4.79 Å². The van der Waals surface area contributed by atoms with Crippen LogP contribution in [0.5, 0.6) is 0 Å². The van der Waals surface area contributed by atoms with Gasteiger partial charge in [-0.25, -0.2) is 0 Å². The molecule has 0 aliphatic carbocycles. The third-order valence-corrected chi connectivity index (χ3v) is 1.37. The summed E-state index contributed by atoms with van der Waals surface area (Å²) in [6.07, 6.45) is 5.94. The Morgan fingerprint density at radius 2 is 2.36 bits per heavy atom. The van der Waals surface area contributed by atoms with Crippen LogP contribution in [0.3, 0.4) is 0 Å². The van der Waals surface area contributed by atoms with Crippen LogP contribution in [-0.4, -0.2) is 30.9 Å². The molecule has 3 heteroatoms. The maximum Gasteiger partial charge on any atom is 0.223 e. The zero-order valence-corrected chi connectivity index (χ0v) is 6.84. The molecule has 1 amide bonds. The Hall–Kier alpha value is -1.01. The van der Waals surface area contributed by atoms with Gasteiger partial charge in [0.05, 0.1) is 0 Å². The molecule has 0 aromatic rings. The summed E-state index contributed by atoms with van der Waals surface area (Å²) < 4.78 is 0. The van der Waals surface area contributed by atoms with Crippen LogP contribution < -0.4 is 5.73 Å². The first-order chi connectivity index (χ1) is 5.22. The summed E-state index contributed by atoms with van der Waals surface area (Å²) in [4.78, 5) is 12.7. The lowest BCUT2D eigenvalue weighted by Gasteiger charge is -2.14. The van der Waals surface area contributed by atoms with Crippen molar-refractivity contribution in [3.8, 4) is 12.3 Å². The second-order valence-electron chi connectivity index (χ2n) is 2.31. The highest BCUT2D eigenvalue weighted by atomic mass is 16.2. The molecule has 0 aromatic carbocycles. The molecule has 0 saturated carbocycles. The summed E-state index contributed by atoms with van der Waals surface area (Å²) in [6, 6.07) is 0. The second kappa shape index (κ2) is 5.75. The van der Waals surface area contributed by atoms with Crippen LogP contribution in [0.25, 0.3) is 0 Å². The van der Waals surface area contributed by atoms with Gasteiger partial charge in [0, 0.05) is 33.0 Å². The van der Waals surface area contributed by atoms with Crippen LogP contribution in [0.4, 0.5) is 0 Å². The van der Waals surface area contributed by atoms with Crippen molar-refractivity contribution in [3.05, 3.63) is 0 Å². The van der Waals surface area contributed by atoms with E-state index in [1.807, 2.05) is 0 Å².